The smallest absolute Gasteiger partial charge is 0.228 e. The average molecular weight is 266 g/mol. The van der Waals surface area contributed by atoms with Crippen molar-refractivity contribution in [3.63, 3.8) is 0 Å². The molecule has 1 saturated heterocycles. The lowest BCUT2D eigenvalue weighted by Crippen LogP contribution is -2.51. The number of hydrogen-bond donors (Lipinski definition) is 1. The minimum atomic E-state index is -0.322. The summed E-state index contributed by atoms with van der Waals surface area (Å²) in [5, 5.41) is 2.09. The van der Waals surface area contributed by atoms with Crippen LogP contribution in [0.4, 0.5) is 0 Å². The SMILES string of the molecule is CC(C)(C)C(=O)N1CC(N)CC(c2cccs2)C1. The zero-order valence-electron chi connectivity index (χ0n) is 11.3. The van der Waals surface area contributed by atoms with Crippen molar-refractivity contribution >= 4 is 17.2 Å². The van der Waals surface area contributed by atoms with E-state index < -0.39 is 0 Å². The highest BCUT2D eigenvalue weighted by Gasteiger charge is 2.34. The first-order valence-corrected chi connectivity index (χ1v) is 7.34. The Kier molecular flexibility index (Phi) is 3.78. The van der Waals surface area contributed by atoms with Gasteiger partial charge in [-0.2, -0.15) is 0 Å². The highest BCUT2D eigenvalue weighted by Crippen LogP contribution is 2.31. The zero-order chi connectivity index (χ0) is 13.3. The van der Waals surface area contributed by atoms with Gasteiger partial charge < -0.3 is 10.6 Å². The van der Waals surface area contributed by atoms with Crippen molar-refractivity contribution in [2.45, 2.75) is 39.2 Å². The monoisotopic (exact) mass is 266 g/mol. The molecule has 0 radical (unpaired) electrons. The molecule has 1 aliphatic rings. The first-order chi connectivity index (χ1) is 8.38. The quantitative estimate of drug-likeness (QED) is 0.848. The standard InChI is InChI=1S/C14H22N2OS/c1-14(2,3)13(17)16-8-10(7-11(15)9-16)12-5-4-6-18-12/h4-6,10-11H,7-9,15H2,1-3H3. The van der Waals surface area contributed by atoms with E-state index in [-0.39, 0.29) is 17.4 Å². The van der Waals surface area contributed by atoms with Crippen molar-refractivity contribution < 1.29 is 4.79 Å². The molecular weight excluding hydrogens is 244 g/mol. The molecule has 0 saturated carbocycles. The molecule has 2 rings (SSSR count). The molecule has 0 bridgehead atoms. The normalized spacial score (nSPS) is 25.2. The number of likely N-dealkylation sites (tertiary alicyclic amines) is 1. The molecule has 0 aromatic carbocycles. The fourth-order valence-electron chi connectivity index (χ4n) is 2.51. The molecule has 0 aliphatic carbocycles. The van der Waals surface area contributed by atoms with Crippen molar-refractivity contribution in [3.05, 3.63) is 22.4 Å². The fourth-order valence-corrected chi connectivity index (χ4v) is 3.34. The second-order valence-corrected chi connectivity index (χ2v) is 7.15. The lowest BCUT2D eigenvalue weighted by Gasteiger charge is -2.39. The number of carbonyl (C=O) groups excluding carboxylic acids is 1. The number of nitrogens with zero attached hydrogens (tertiary/aromatic N) is 1. The predicted molar refractivity (Wildman–Crippen MR) is 75.7 cm³/mol. The predicted octanol–water partition coefficient (Wildman–Crippen LogP) is 2.44. The van der Waals surface area contributed by atoms with Crippen LogP contribution in [0, 0.1) is 5.41 Å². The molecule has 2 unspecified atom stereocenters. The molecule has 4 heteroatoms. The van der Waals surface area contributed by atoms with Gasteiger partial charge in [0.2, 0.25) is 5.91 Å². The van der Waals surface area contributed by atoms with Crippen LogP contribution in [0.1, 0.15) is 38.0 Å². The van der Waals surface area contributed by atoms with Crippen molar-refractivity contribution in [2.75, 3.05) is 13.1 Å². The summed E-state index contributed by atoms with van der Waals surface area (Å²) in [5.74, 6) is 0.610. The third kappa shape index (κ3) is 2.93. The molecule has 1 aliphatic heterocycles. The van der Waals surface area contributed by atoms with E-state index in [1.54, 1.807) is 11.3 Å². The number of piperidine rings is 1. The molecule has 18 heavy (non-hydrogen) atoms. The molecule has 1 aromatic rings. The molecular formula is C14H22N2OS. The number of rotatable bonds is 1. The highest BCUT2D eigenvalue weighted by molar-refractivity contribution is 7.10. The molecule has 2 heterocycles. The van der Waals surface area contributed by atoms with E-state index in [4.69, 9.17) is 5.73 Å². The minimum Gasteiger partial charge on any atom is -0.340 e. The van der Waals surface area contributed by atoms with E-state index in [0.29, 0.717) is 12.5 Å². The Morgan fingerprint density at radius 2 is 2.17 bits per heavy atom. The fraction of sp³-hybridized carbons (Fsp3) is 0.643. The Morgan fingerprint density at radius 1 is 1.44 bits per heavy atom. The lowest BCUT2D eigenvalue weighted by atomic mass is 9.89. The van der Waals surface area contributed by atoms with Crippen LogP contribution in [0.5, 0.6) is 0 Å². The van der Waals surface area contributed by atoms with Crippen LogP contribution in [0.15, 0.2) is 17.5 Å². The van der Waals surface area contributed by atoms with E-state index in [9.17, 15) is 4.79 Å². The van der Waals surface area contributed by atoms with Gasteiger partial charge in [-0.15, -0.1) is 11.3 Å². The summed E-state index contributed by atoms with van der Waals surface area (Å²) < 4.78 is 0. The Morgan fingerprint density at radius 3 is 2.72 bits per heavy atom. The van der Waals surface area contributed by atoms with Crippen LogP contribution < -0.4 is 5.73 Å². The molecule has 0 spiro atoms. The second-order valence-electron chi connectivity index (χ2n) is 6.17. The topological polar surface area (TPSA) is 46.3 Å². The van der Waals surface area contributed by atoms with Gasteiger partial charge in [0.1, 0.15) is 0 Å². The van der Waals surface area contributed by atoms with Crippen LogP contribution in [0.2, 0.25) is 0 Å². The van der Waals surface area contributed by atoms with Crippen molar-refractivity contribution in [1.82, 2.24) is 4.90 Å². The molecule has 2 N–H and O–H groups in total. The van der Waals surface area contributed by atoms with Crippen molar-refractivity contribution in [3.8, 4) is 0 Å². The van der Waals surface area contributed by atoms with E-state index >= 15 is 0 Å². The third-order valence-corrected chi connectivity index (χ3v) is 4.39. The maximum absolute atomic E-state index is 12.4. The largest absolute Gasteiger partial charge is 0.340 e. The van der Waals surface area contributed by atoms with Crippen LogP contribution >= 0.6 is 11.3 Å². The summed E-state index contributed by atoms with van der Waals surface area (Å²) in [5.41, 5.74) is 5.79. The van der Waals surface area contributed by atoms with Crippen LogP contribution in [-0.4, -0.2) is 29.9 Å². The van der Waals surface area contributed by atoms with E-state index in [1.807, 2.05) is 25.7 Å². The Balaban J connectivity index is 2.12. The first kappa shape index (κ1) is 13.6. The zero-order valence-corrected chi connectivity index (χ0v) is 12.2. The van der Waals surface area contributed by atoms with E-state index in [0.717, 1.165) is 13.0 Å². The third-order valence-electron chi connectivity index (χ3n) is 3.36. The van der Waals surface area contributed by atoms with Crippen LogP contribution in [-0.2, 0) is 4.79 Å². The summed E-state index contributed by atoms with van der Waals surface area (Å²) in [6.45, 7) is 7.41. The summed E-state index contributed by atoms with van der Waals surface area (Å²) in [4.78, 5) is 15.6. The van der Waals surface area contributed by atoms with Gasteiger partial charge in [0, 0.05) is 35.3 Å². The van der Waals surface area contributed by atoms with Gasteiger partial charge in [0.15, 0.2) is 0 Å². The highest BCUT2D eigenvalue weighted by atomic mass is 32.1. The van der Waals surface area contributed by atoms with Gasteiger partial charge in [-0.25, -0.2) is 0 Å². The summed E-state index contributed by atoms with van der Waals surface area (Å²) in [6, 6.07) is 4.31. The maximum atomic E-state index is 12.4. The van der Waals surface area contributed by atoms with Gasteiger partial charge in [0.25, 0.3) is 0 Å². The molecule has 100 valence electrons. The summed E-state index contributed by atoms with van der Waals surface area (Å²) >= 11 is 1.76. The number of amides is 1. The van der Waals surface area contributed by atoms with Crippen LogP contribution in [0.25, 0.3) is 0 Å². The molecule has 3 nitrogen and oxygen atoms in total. The summed E-state index contributed by atoms with van der Waals surface area (Å²) in [6.07, 6.45) is 0.981. The average Bonchev–Trinajstić information content (AvgIpc) is 2.79. The molecule has 1 amide bonds. The minimum absolute atomic E-state index is 0.0946. The number of thiophene rings is 1. The lowest BCUT2D eigenvalue weighted by molar-refractivity contribution is -0.141. The van der Waals surface area contributed by atoms with E-state index in [2.05, 4.69) is 17.5 Å². The van der Waals surface area contributed by atoms with Crippen molar-refractivity contribution in [1.29, 1.82) is 0 Å². The Bertz CT molecular complexity index is 408. The van der Waals surface area contributed by atoms with Crippen molar-refractivity contribution in [2.24, 2.45) is 11.1 Å². The number of carbonyl (C=O) groups is 1. The summed E-state index contributed by atoms with van der Waals surface area (Å²) in [7, 11) is 0. The Labute approximate surface area is 113 Å². The van der Waals surface area contributed by atoms with Gasteiger partial charge >= 0.3 is 0 Å². The maximum Gasteiger partial charge on any atom is 0.228 e. The van der Waals surface area contributed by atoms with Gasteiger partial charge in [-0.05, 0) is 17.9 Å². The molecule has 1 fully saturated rings. The second kappa shape index (κ2) is 5.02. The molecule has 2 atom stereocenters. The van der Waals surface area contributed by atoms with Crippen LogP contribution in [0.3, 0.4) is 0 Å². The van der Waals surface area contributed by atoms with Gasteiger partial charge in [-0.1, -0.05) is 26.8 Å². The number of nitrogens with two attached hydrogens (primary N) is 1. The van der Waals surface area contributed by atoms with Gasteiger partial charge in [-0.3, -0.25) is 4.79 Å². The van der Waals surface area contributed by atoms with E-state index in [1.165, 1.54) is 4.88 Å². The number of hydrogen-bond acceptors (Lipinski definition) is 3. The molecule has 1 aromatic heterocycles. The first-order valence-electron chi connectivity index (χ1n) is 6.46. The van der Waals surface area contributed by atoms with Gasteiger partial charge in [0.05, 0.1) is 0 Å². The Hall–Kier alpha value is -0.870.